The van der Waals surface area contributed by atoms with Gasteiger partial charge in [0.05, 0.1) is 30.2 Å². The third-order valence-corrected chi connectivity index (χ3v) is 4.71. The summed E-state index contributed by atoms with van der Waals surface area (Å²) in [6.45, 7) is 8.85. The van der Waals surface area contributed by atoms with Gasteiger partial charge in [0.25, 0.3) is 0 Å². The van der Waals surface area contributed by atoms with Crippen LogP contribution in [0.2, 0.25) is 0 Å². The summed E-state index contributed by atoms with van der Waals surface area (Å²) < 4.78 is 17.3. The lowest BCUT2D eigenvalue weighted by atomic mass is 9.87. The van der Waals surface area contributed by atoms with Gasteiger partial charge < -0.3 is 14.2 Å². The van der Waals surface area contributed by atoms with Crippen molar-refractivity contribution in [1.29, 1.82) is 0 Å². The van der Waals surface area contributed by atoms with Gasteiger partial charge in [0.2, 0.25) is 0 Å². The van der Waals surface area contributed by atoms with E-state index in [0.717, 1.165) is 5.56 Å². The summed E-state index contributed by atoms with van der Waals surface area (Å²) >= 11 is 0. The highest BCUT2D eigenvalue weighted by Crippen LogP contribution is 2.31. The van der Waals surface area contributed by atoms with Crippen molar-refractivity contribution in [3.05, 3.63) is 35.9 Å². The molecular formula is C18H27BO4. The molecule has 23 heavy (non-hydrogen) atoms. The van der Waals surface area contributed by atoms with E-state index in [4.69, 9.17) is 14.2 Å². The highest BCUT2D eigenvalue weighted by Gasteiger charge is 2.41. The molecule has 4 atom stereocenters. The van der Waals surface area contributed by atoms with Gasteiger partial charge in [-0.05, 0) is 26.3 Å². The van der Waals surface area contributed by atoms with E-state index in [1.165, 1.54) is 0 Å². The SMILES string of the molecule is B[C@@H]1OCC(C)C1OC(C)(C)C(C)C(=O)OCc1ccccc1. The Bertz CT molecular complexity index is 507. The van der Waals surface area contributed by atoms with E-state index < -0.39 is 5.60 Å². The fraction of sp³-hybridized carbons (Fsp3) is 0.611. The molecule has 0 N–H and O–H groups in total. The van der Waals surface area contributed by atoms with Crippen molar-refractivity contribution in [3.63, 3.8) is 0 Å². The molecule has 0 aliphatic carbocycles. The summed E-state index contributed by atoms with van der Waals surface area (Å²) in [6, 6.07) is 9.75. The third kappa shape index (κ3) is 4.58. The maximum absolute atomic E-state index is 12.4. The van der Waals surface area contributed by atoms with Gasteiger partial charge >= 0.3 is 5.97 Å². The van der Waals surface area contributed by atoms with E-state index in [9.17, 15) is 4.79 Å². The molecule has 5 heteroatoms. The first-order valence-corrected chi connectivity index (χ1v) is 8.31. The van der Waals surface area contributed by atoms with E-state index in [0.29, 0.717) is 19.1 Å². The topological polar surface area (TPSA) is 44.8 Å². The van der Waals surface area contributed by atoms with Crippen LogP contribution in [0.1, 0.15) is 33.3 Å². The summed E-state index contributed by atoms with van der Waals surface area (Å²) in [4.78, 5) is 12.4. The minimum absolute atomic E-state index is 0.00868. The number of hydrogen-bond donors (Lipinski definition) is 0. The van der Waals surface area contributed by atoms with Crippen LogP contribution in [-0.4, -0.2) is 38.1 Å². The molecule has 1 saturated heterocycles. The molecule has 2 rings (SSSR count). The lowest BCUT2D eigenvalue weighted by molar-refractivity contribution is -0.169. The molecule has 0 bridgehead atoms. The first-order chi connectivity index (χ1) is 10.8. The standard InChI is InChI=1S/C18H27BO4/c1-12-10-21-16(19)15(12)23-18(3,4)13(2)17(20)22-11-14-8-6-5-7-9-14/h5-9,12-13,15-16H,10-11,19H2,1-4H3/t12?,13?,15?,16-/m1/s1. The van der Waals surface area contributed by atoms with E-state index in [-0.39, 0.29) is 24.0 Å². The molecule has 1 fully saturated rings. The Kier molecular flexibility index (Phi) is 5.87. The molecule has 1 aliphatic heterocycles. The van der Waals surface area contributed by atoms with Crippen LogP contribution in [0.4, 0.5) is 0 Å². The second kappa shape index (κ2) is 7.50. The van der Waals surface area contributed by atoms with Crippen molar-refractivity contribution in [2.75, 3.05) is 6.61 Å². The third-order valence-electron chi connectivity index (χ3n) is 4.71. The maximum Gasteiger partial charge on any atom is 0.311 e. The van der Waals surface area contributed by atoms with Crippen LogP contribution in [-0.2, 0) is 25.6 Å². The smallest absolute Gasteiger partial charge is 0.311 e. The summed E-state index contributed by atoms with van der Waals surface area (Å²) in [7, 11) is 2.02. The van der Waals surface area contributed by atoms with Crippen LogP contribution in [0, 0.1) is 11.8 Å². The minimum Gasteiger partial charge on any atom is -0.461 e. The molecular weight excluding hydrogens is 291 g/mol. The van der Waals surface area contributed by atoms with Crippen molar-refractivity contribution >= 4 is 13.8 Å². The average Bonchev–Trinajstić information content (AvgIpc) is 2.84. The highest BCUT2D eigenvalue weighted by molar-refractivity contribution is 6.11. The van der Waals surface area contributed by atoms with E-state index >= 15 is 0 Å². The van der Waals surface area contributed by atoms with Crippen molar-refractivity contribution in [3.8, 4) is 0 Å². The average molecular weight is 318 g/mol. The molecule has 3 unspecified atom stereocenters. The van der Waals surface area contributed by atoms with E-state index in [2.05, 4.69) is 6.92 Å². The molecule has 0 saturated carbocycles. The maximum atomic E-state index is 12.4. The van der Waals surface area contributed by atoms with Gasteiger partial charge in [0.15, 0.2) is 0 Å². The molecule has 0 amide bonds. The van der Waals surface area contributed by atoms with Gasteiger partial charge in [0.1, 0.15) is 14.5 Å². The zero-order valence-corrected chi connectivity index (χ0v) is 14.7. The summed E-state index contributed by atoms with van der Waals surface area (Å²) in [5.74, 6) is -0.263. The fourth-order valence-electron chi connectivity index (χ4n) is 2.76. The van der Waals surface area contributed by atoms with Gasteiger partial charge in [0, 0.05) is 5.92 Å². The normalized spacial score (nSPS) is 26.0. The van der Waals surface area contributed by atoms with Crippen LogP contribution in [0.15, 0.2) is 30.3 Å². The fourth-order valence-corrected chi connectivity index (χ4v) is 2.76. The Labute approximate surface area is 139 Å². The number of ether oxygens (including phenoxy) is 3. The molecule has 1 heterocycles. The van der Waals surface area contributed by atoms with Crippen molar-refractivity contribution in [2.24, 2.45) is 11.8 Å². The summed E-state index contributed by atoms with van der Waals surface area (Å²) in [5.41, 5.74) is 0.382. The molecule has 1 aliphatic rings. The lowest BCUT2D eigenvalue weighted by Crippen LogP contribution is -2.45. The monoisotopic (exact) mass is 318 g/mol. The van der Waals surface area contributed by atoms with Crippen LogP contribution < -0.4 is 0 Å². The molecule has 1 aromatic rings. The van der Waals surface area contributed by atoms with Gasteiger partial charge in [-0.25, -0.2) is 0 Å². The second-order valence-corrected chi connectivity index (χ2v) is 7.02. The Morgan fingerprint density at radius 3 is 2.61 bits per heavy atom. The Morgan fingerprint density at radius 1 is 1.39 bits per heavy atom. The van der Waals surface area contributed by atoms with Crippen LogP contribution in [0.5, 0.6) is 0 Å². The summed E-state index contributed by atoms with van der Waals surface area (Å²) in [6.07, 6.45) is 0.00868. The van der Waals surface area contributed by atoms with Crippen LogP contribution in [0.25, 0.3) is 0 Å². The molecule has 0 radical (unpaired) electrons. The largest absolute Gasteiger partial charge is 0.461 e. The number of esters is 1. The predicted molar refractivity (Wildman–Crippen MR) is 91.8 cm³/mol. The molecule has 0 aromatic heterocycles. The van der Waals surface area contributed by atoms with E-state index in [1.54, 1.807) is 0 Å². The number of rotatable bonds is 6. The second-order valence-electron chi connectivity index (χ2n) is 7.02. The van der Waals surface area contributed by atoms with Crippen molar-refractivity contribution in [2.45, 2.75) is 52.0 Å². The molecule has 4 nitrogen and oxygen atoms in total. The van der Waals surface area contributed by atoms with Crippen molar-refractivity contribution < 1.29 is 19.0 Å². The molecule has 1 aromatic carbocycles. The highest BCUT2D eigenvalue weighted by atomic mass is 16.6. The van der Waals surface area contributed by atoms with Crippen LogP contribution in [0.3, 0.4) is 0 Å². The zero-order valence-electron chi connectivity index (χ0n) is 14.7. The first-order valence-electron chi connectivity index (χ1n) is 8.31. The van der Waals surface area contributed by atoms with Gasteiger partial charge in [-0.2, -0.15) is 0 Å². The minimum atomic E-state index is -0.603. The van der Waals surface area contributed by atoms with Gasteiger partial charge in [-0.1, -0.05) is 37.3 Å². The number of hydrogen-bond acceptors (Lipinski definition) is 4. The predicted octanol–water partition coefficient (Wildman–Crippen LogP) is 2.16. The van der Waals surface area contributed by atoms with Gasteiger partial charge in [-0.3, -0.25) is 4.79 Å². The lowest BCUT2D eigenvalue weighted by Gasteiger charge is -2.35. The first kappa shape index (κ1) is 18.0. The van der Waals surface area contributed by atoms with Crippen molar-refractivity contribution in [1.82, 2.24) is 0 Å². The Hall–Kier alpha value is -1.33. The summed E-state index contributed by atoms with van der Waals surface area (Å²) in [5, 5.41) is 0. The van der Waals surface area contributed by atoms with Crippen LogP contribution >= 0.6 is 0 Å². The zero-order chi connectivity index (χ0) is 17.0. The van der Waals surface area contributed by atoms with E-state index in [1.807, 2.05) is 58.9 Å². The Morgan fingerprint density at radius 2 is 2.04 bits per heavy atom. The number of carbonyl (C=O) groups excluding carboxylic acids is 1. The molecule has 126 valence electrons. The molecule has 0 spiro atoms. The Balaban J connectivity index is 1.91. The van der Waals surface area contributed by atoms with Gasteiger partial charge in [-0.15, -0.1) is 0 Å². The number of carbonyl (C=O) groups is 1. The number of benzene rings is 1. The quantitative estimate of drug-likeness (QED) is 0.595.